The number of aliphatic hydroxyl groups excluding tert-OH is 1. The second-order valence-electron chi connectivity index (χ2n) is 5.80. The Hall–Kier alpha value is -2.18. The maximum atomic E-state index is 11.9. The predicted molar refractivity (Wildman–Crippen MR) is 69.5 cm³/mol. The second-order valence-corrected chi connectivity index (χ2v) is 5.80. The number of hydrogen-bond acceptors (Lipinski definition) is 6. The quantitative estimate of drug-likeness (QED) is 0.481. The Morgan fingerprint density at radius 3 is 2.33 bits per heavy atom. The number of aromatic hydroxyl groups is 2. The molecule has 2 aliphatic carbocycles. The summed E-state index contributed by atoms with van der Waals surface area (Å²) in [7, 11) is 0. The van der Waals surface area contributed by atoms with Crippen molar-refractivity contribution >= 4 is 11.6 Å². The van der Waals surface area contributed by atoms with Crippen LogP contribution in [0.25, 0.3) is 0 Å². The third-order valence-electron chi connectivity index (χ3n) is 4.65. The van der Waals surface area contributed by atoms with Crippen LogP contribution in [-0.2, 0) is 11.2 Å². The van der Waals surface area contributed by atoms with Crippen molar-refractivity contribution in [1.82, 2.24) is 0 Å². The summed E-state index contributed by atoms with van der Waals surface area (Å²) in [6, 6.07) is 0. The highest BCUT2D eigenvalue weighted by molar-refractivity contribution is 6.24. The molecule has 6 nitrogen and oxygen atoms in total. The van der Waals surface area contributed by atoms with Gasteiger partial charge in [0.1, 0.15) is 23.2 Å². The average molecular weight is 288 g/mol. The Bertz CT molecular complexity index is 762. The number of phenols is 2. The molecule has 21 heavy (non-hydrogen) atoms. The molecule has 1 aliphatic heterocycles. The maximum Gasteiger partial charge on any atom is 0.190 e. The molecule has 0 saturated carbocycles. The molecule has 108 valence electrons. The minimum Gasteiger partial charge on any atom is -0.507 e. The summed E-state index contributed by atoms with van der Waals surface area (Å²) < 4.78 is 5.43. The molecule has 4 rings (SSSR count). The Kier molecular flexibility index (Phi) is 2.11. The second kappa shape index (κ2) is 3.52. The number of carbonyl (C=O) groups excluding carboxylic acids is 2. The molecule has 0 aromatic heterocycles. The number of fused-ring (bicyclic) bond motifs is 3. The van der Waals surface area contributed by atoms with Crippen molar-refractivity contribution in [2.45, 2.75) is 31.2 Å². The summed E-state index contributed by atoms with van der Waals surface area (Å²) in [5.74, 6) is -1.91. The van der Waals surface area contributed by atoms with Crippen molar-refractivity contribution in [1.29, 1.82) is 0 Å². The SMILES string of the molecule is C[C@]12O[C@H]1Cc1c(O)c3c(c(O)c1[C@@H]2O)C(=O)C=CC3=O. The zero-order chi connectivity index (χ0) is 15.1. The van der Waals surface area contributed by atoms with Gasteiger partial charge in [0.05, 0.1) is 17.2 Å². The van der Waals surface area contributed by atoms with E-state index >= 15 is 0 Å². The van der Waals surface area contributed by atoms with Gasteiger partial charge < -0.3 is 20.1 Å². The summed E-state index contributed by atoms with van der Waals surface area (Å²) in [6.45, 7) is 1.70. The number of carbonyl (C=O) groups is 2. The van der Waals surface area contributed by atoms with Gasteiger partial charge in [0.2, 0.25) is 0 Å². The highest BCUT2D eigenvalue weighted by Gasteiger charge is 2.62. The van der Waals surface area contributed by atoms with E-state index in [4.69, 9.17) is 4.74 Å². The Morgan fingerprint density at radius 2 is 1.71 bits per heavy atom. The summed E-state index contributed by atoms with van der Waals surface area (Å²) in [5, 5.41) is 31.1. The number of phenolic OH excluding ortho intramolecular Hbond substituents is 2. The highest BCUT2D eigenvalue weighted by atomic mass is 16.6. The first-order chi connectivity index (χ1) is 9.86. The highest BCUT2D eigenvalue weighted by Crippen LogP contribution is 2.57. The Balaban J connectivity index is 2.06. The molecule has 1 aromatic rings. The van der Waals surface area contributed by atoms with E-state index in [9.17, 15) is 24.9 Å². The van der Waals surface area contributed by atoms with E-state index in [0.717, 1.165) is 12.2 Å². The van der Waals surface area contributed by atoms with E-state index in [1.54, 1.807) is 6.92 Å². The lowest BCUT2D eigenvalue weighted by Gasteiger charge is -2.28. The van der Waals surface area contributed by atoms with Gasteiger partial charge in [-0.15, -0.1) is 0 Å². The largest absolute Gasteiger partial charge is 0.507 e. The summed E-state index contributed by atoms with van der Waals surface area (Å²) in [6.07, 6.45) is 0.960. The molecular weight excluding hydrogens is 276 g/mol. The van der Waals surface area contributed by atoms with E-state index in [1.807, 2.05) is 0 Å². The molecule has 3 atom stereocenters. The lowest BCUT2D eigenvalue weighted by Crippen LogP contribution is -2.29. The van der Waals surface area contributed by atoms with E-state index in [0.29, 0.717) is 0 Å². The van der Waals surface area contributed by atoms with Gasteiger partial charge >= 0.3 is 0 Å². The van der Waals surface area contributed by atoms with Crippen molar-refractivity contribution in [2.75, 3.05) is 0 Å². The predicted octanol–water partition coefficient (Wildman–Crippen LogP) is 0.780. The Morgan fingerprint density at radius 1 is 1.14 bits per heavy atom. The molecule has 0 spiro atoms. The molecule has 1 saturated heterocycles. The average Bonchev–Trinajstić information content (AvgIpc) is 3.11. The lowest BCUT2D eigenvalue weighted by atomic mass is 9.77. The topological polar surface area (TPSA) is 107 Å². The van der Waals surface area contributed by atoms with Crippen LogP contribution in [0.2, 0.25) is 0 Å². The van der Waals surface area contributed by atoms with Gasteiger partial charge in [0.25, 0.3) is 0 Å². The number of ether oxygens (including phenoxy) is 1. The molecule has 1 fully saturated rings. The van der Waals surface area contributed by atoms with E-state index < -0.39 is 29.0 Å². The van der Waals surface area contributed by atoms with Crippen LogP contribution in [0.15, 0.2) is 12.2 Å². The fourth-order valence-corrected chi connectivity index (χ4v) is 3.32. The van der Waals surface area contributed by atoms with Crippen molar-refractivity contribution in [2.24, 2.45) is 0 Å². The number of epoxide rings is 1. The first-order valence-corrected chi connectivity index (χ1v) is 6.59. The molecule has 3 aliphatic rings. The van der Waals surface area contributed by atoms with Crippen LogP contribution in [0.3, 0.4) is 0 Å². The smallest absolute Gasteiger partial charge is 0.190 e. The molecule has 0 bridgehead atoms. The van der Waals surface area contributed by atoms with Gasteiger partial charge in [0, 0.05) is 17.5 Å². The normalized spacial score (nSPS) is 32.5. The summed E-state index contributed by atoms with van der Waals surface area (Å²) >= 11 is 0. The van der Waals surface area contributed by atoms with Gasteiger partial charge in [-0.2, -0.15) is 0 Å². The van der Waals surface area contributed by atoms with Gasteiger partial charge in [-0.1, -0.05) is 0 Å². The number of hydrogen-bond donors (Lipinski definition) is 3. The van der Waals surface area contributed by atoms with Crippen LogP contribution in [0, 0.1) is 0 Å². The van der Waals surface area contributed by atoms with Crippen molar-refractivity contribution in [3.63, 3.8) is 0 Å². The third-order valence-corrected chi connectivity index (χ3v) is 4.65. The number of rotatable bonds is 0. The fourth-order valence-electron chi connectivity index (χ4n) is 3.32. The minimum atomic E-state index is -1.16. The van der Waals surface area contributed by atoms with Crippen LogP contribution in [0.5, 0.6) is 11.5 Å². The molecule has 1 aromatic carbocycles. The summed E-state index contributed by atoms with van der Waals surface area (Å²) in [4.78, 5) is 23.9. The fraction of sp³-hybridized carbons (Fsp3) is 0.333. The first kappa shape index (κ1) is 12.6. The van der Waals surface area contributed by atoms with Gasteiger partial charge in [-0.3, -0.25) is 9.59 Å². The van der Waals surface area contributed by atoms with Crippen LogP contribution in [0.1, 0.15) is 44.9 Å². The van der Waals surface area contributed by atoms with Gasteiger partial charge in [-0.25, -0.2) is 0 Å². The van der Waals surface area contributed by atoms with E-state index in [1.165, 1.54) is 0 Å². The van der Waals surface area contributed by atoms with E-state index in [-0.39, 0.29) is 40.5 Å². The molecular formula is C15H12O6. The van der Waals surface area contributed by atoms with Crippen LogP contribution in [0.4, 0.5) is 0 Å². The number of allylic oxidation sites excluding steroid dienone is 2. The minimum absolute atomic E-state index is 0.0824. The van der Waals surface area contributed by atoms with Crippen molar-refractivity contribution < 1.29 is 29.6 Å². The van der Waals surface area contributed by atoms with Crippen molar-refractivity contribution in [3.8, 4) is 11.5 Å². The van der Waals surface area contributed by atoms with Crippen molar-refractivity contribution in [3.05, 3.63) is 34.4 Å². The van der Waals surface area contributed by atoms with Gasteiger partial charge in [-0.05, 0) is 19.1 Å². The zero-order valence-electron chi connectivity index (χ0n) is 11.1. The molecule has 0 unspecified atom stereocenters. The molecule has 0 radical (unpaired) electrons. The lowest BCUT2D eigenvalue weighted by molar-refractivity contribution is 0.0809. The summed E-state index contributed by atoms with van der Waals surface area (Å²) in [5.41, 5.74) is -0.909. The number of aliphatic hydroxyl groups is 1. The maximum absolute atomic E-state index is 11.9. The number of benzene rings is 1. The van der Waals surface area contributed by atoms with Crippen LogP contribution < -0.4 is 0 Å². The molecule has 3 N–H and O–H groups in total. The number of ketones is 2. The van der Waals surface area contributed by atoms with E-state index in [2.05, 4.69) is 0 Å². The van der Waals surface area contributed by atoms with Crippen LogP contribution in [-0.4, -0.2) is 38.6 Å². The molecule has 1 heterocycles. The monoisotopic (exact) mass is 288 g/mol. The molecule has 0 amide bonds. The first-order valence-electron chi connectivity index (χ1n) is 6.59. The third kappa shape index (κ3) is 1.33. The Labute approximate surface area is 119 Å². The standard InChI is InChI=1S/C15H12O6/c1-15-8(21-15)4-5-9(14(15)20)13(19)11-7(17)3-2-6(16)10(11)12(5)18/h2-3,8,14,18-20H,4H2,1H3/t8-,14-,15-/m0/s1. The zero-order valence-corrected chi connectivity index (χ0v) is 11.1. The van der Waals surface area contributed by atoms with Gasteiger partial charge in [0.15, 0.2) is 11.6 Å². The molecule has 6 heteroatoms. The van der Waals surface area contributed by atoms with Crippen LogP contribution >= 0.6 is 0 Å².